The van der Waals surface area contributed by atoms with E-state index in [4.69, 9.17) is 0 Å². The molecule has 10 rings (SSSR count). The molecule has 0 spiro atoms. The van der Waals surface area contributed by atoms with Crippen molar-refractivity contribution in [2.24, 2.45) is 0 Å². The molecule has 252 valence electrons. The van der Waals surface area contributed by atoms with E-state index in [2.05, 4.69) is 175 Å². The van der Waals surface area contributed by atoms with Crippen LogP contribution >= 0.6 is 22.7 Å². The van der Waals surface area contributed by atoms with E-state index in [1.54, 1.807) is 10.4 Å². The first-order valence-electron chi connectivity index (χ1n) is 18.3. The lowest BCUT2D eigenvalue weighted by atomic mass is 9.97. The summed E-state index contributed by atoms with van der Waals surface area (Å²) in [6, 6.07) is 53.6. The molecule has 2 aliphatic rings. The van der Waals surface area contributed by atoms with Gasteiger partial charge in [0.25, 0.3) is 0 Å². The molecule has 2 aromatic heterocycles. The zero-order valence-corrected chi connectivity index (χ0v) is 34.2. The van der Waals surface area contributed by atoms with Crippen molar-refractivity contribution < 1.29 is 0 Å². The molecule has 0 unspecified atom stereocenters. The van der Waals surface area contributed by atoms with Crippen LogP contribution in [-0.4, -0.2) is 16.1 Å². The molecule has 0 N–H and O–H groups in total. The molecule has 0 nitrogen and oxygen atoms in total. The van der Waals surface area contributed by atoms with Crippen molar-refractivity contribution in [2.75, 3.05) is 0 Å². The second kappa shape index (κ2) is 11.5. The van der Waals surface area contributed by atoms with Crippen molar-refractivity contribution in [1.29, 1.82) is 0 Å². The lowest BCUT2D eigenvalue weighted by Crippen LogP contribution is -2.77. The van der Waals surface area contributed by atoms with E-state index >= 15 is 0 Å². The quantitative estimate of drug-likeness (QED) is 0.164. The average Bonchev–Trinajstić information content (AvgIpc) is 3.74. The number of benzene rings is 6. The van der Waals surface area contributed by atoms with E-state index in [-0.39, 0.29) is 0 Å². The van der Waals surface area contributed by atoms with Crippen LogP contribution in [0.4, 0.5) is 0 Å². The first-order valence-corrected chi connectivity index (χ1v) is 24.0. The van der Waals surface area contributed by atoms with Crippen LogP contribution in [0, 0.1) is 41.5 Å². The second-order valence-corrected chi connectivity index (χ2v) is 25.2. The zero-order chi connectivity index (χ0) is 35.5. The fraction of sp³-hybridized carbons (Fsp3) is 0.125. The minimum atomic E-state index is -2.74. The lowest BCUT2D eigenvalue weighted by Gasteiger charge is -2.43. The van der Waals surface area contributed by atoms with Crippen molar-refractivity contribution in [3.8, 4) is 20.9 Å². The summed E-state index contributed by atoms with van der Waals surface area (Å²) in [4.78, 5) is 5.70. The summed E-state index contributed by atoms with van der Waals surface area (Å²) in [5.41, 5.74) is 8.05. The van der Waals surface area contributed by atoms with E-state index < -0.39 is 16.1 Å². The summed E-state index contributed by atoms with van der Waals surface area (Å²) < 4.78 is 0. The normalized spacial score (nSPS) is 14.7. The molecule has 0 saturated carbocycles. The number of rotatable bonds is 4. The second-order valence-electron chi connectivity index (χ2n) is 15.2. The van der Waals surface area contributed by atoms with Crippen LogP contribution in [0.15, 0.2) is 133 Å². The average molecular weight is 737 g/mol. The third-order valence-corrected chi connectivity index (χ3v) is 24.1. The van der Waals surface area contributed by atoms with Gasteiger partial charge in [-0.3, -0.25) is 0 Å². The van der Waals surface area contributed by atoms with Crippen molar-refractivity contribution in [2.45, 2.75) is 41.5 Å². The van der Waals surface area contributed by atoms with Gasteiger partial charge in [-0.1, -0.05) is 144 Å². The summed E-state index contributed by atoms with van der Waals surface area (Å²) in [6.45, 7) is 13.5. The first kappa shape index (κ1) is 32.1. The number of aryl methyl sites for hydroxylation is 6. The maximum atomic E-state index is 2.57. The highest BCUT2D eigenvalue weighted by atomic mass is 32.1. The molecule has 52 heavy (non-hydrogen) atoms. The lowest BCUT2D eigenvalue weighted by molar-refractivity contribution is 1.48. The Balaban J connectivity index is 1.43. The Labute approximate surface area is 317 Å². The number of fused-ring (bicyclic) bond motifs is 4. The molecule has 0 radical (unpaired) electrons. The predicted octanol–water partition coefficient (Wildman–Crippen LogP) is 7.53. The van der Waals surface area contributed by atoms with Gasteiger partial charge < -0.3 is 0 Å². The maximum Gasteiger partial charge on any atom is 0.181 e. The van der Waals surface area contributed by atoms with E-state index in [9.17, 15) is 0 Å². The molecule has 0 amide bonds. The van der Waals surface area contributed by atoms with Crippen LogP contribution in [0.2, 0.25) is 0 Å². The van der Waals surface area contributed by atoms with Crippen LogP contribution < -0.4 is 41.5 Å². The first-order chi connectivity index (χ1) is 25.2. The van der Waals surface area contributed by atoms with E-state index in [0.29, 0.717) is 0 Å². The van der Waals surface area contributed by atoms with Crippen LogP contribution in [0.25, 0.3) is 31.7 Å². The summed E-state index contributed by atoms with van der Waals surface area (Å²) in [5, 5.41) is 15.0. The number of hydrogen-bond acceptors (Lipinski definition) is 2. The van der Waals surface area contributed by atoms with Gasteiger partial charge in [-0.2, -0.15) is 0 Å². The van der Waals surface area contributed by atoms with Gasteiger partial charge >= 0.3 is 0 Å². The Bertz CT molecular complexity index is 2430. The molecular weight excluding hydrogens is 697 g/mol. The van der Waals surface area contributed by atoms with Gasteiger partial charge in [0.1, 0.15) is 0 Å². The Morgan fingerprint density at radius 3 is 0.904 bits per heavy atom. The Kier molecular flexibility index (Phi) is 7.07. The standard InChI is InChI=1S/C48H40S2Si2/c1-29-7-15-35(16-8-29)51(36-17-9-30(2)10-18-36)41-25-23-40-46-42(26-24-39(45(41)46)47-43(51)27-33(5)49-47)52(37-19-11-31(3)12-20-37,38-21-13-32(4)14-22-38)44-28-34(6)50-48(40)44/h7-28H,1-6H3. The van der Waals surface area contributed by atoms with Crippen LogP contribution in [0.1, 0.15) is 32.0 Å². The number of hydrogen-bond donors (Lipinski definition) is 0. The van der Waals surface area contributed by atoms with Gasteiger partial charge in [-0.05, 0) is 117 Å². The molecule has 4 heterocycles. The SMILES string of the molecule is Cc1ccc([Si]2(c3ccc(C)cc3)c3cc(C)sc3-c3ccc4c5c(ccc2c35)-c2sc(C)cc2[Si]4(c2ccc(C)cc2)c2ccc(C)cc2)cc1. The summed E-state index contributed by atoms with van der Waals surface area (Å²) in [6.07, 6.45) is 0. The molecule has 8 aromatic rings. The smallest absolute Gasteiger partial charge is 0.141 e. The highest BCUT2D eigenvalue weighted by molar-refractivity contribution is 7.29. The summed E-state index contributed by atoms with van der Waals surface area (Å²) in [5.74, 6) is 0. The topological polar surface area (TPSA) is 0 Å². The van der Waals surface area contributed by atoms with Gasteiger partial charge in [0.15, 0.2) is 16.1 Å². The summed E-state index contributed by atoms with van der Waals surface area (Å²) >= 11 is 3.99. The van der Waals surface area contributed by atoms with Gasteiger partial charge in [-0.15, -0.1) is 22.7 Å². The van der Waals surface area contributed by atoms with Crippen molar-refractivity contribution in [3.05, 3.63) is 165 Å². The van der Waals surface area contributed by atoms with Gasteiger partial charge in [0.05, 0.1) is 0 Å². The summed E-state index contributed by atoms with van der Waals surface area (Å²) in [7, 11) is -5.49. The number of thiophene rings is 2. The molecule has 2 aliphatic heterocycles. The molecular formula is C48H40S2Si2. The van der Waals surface area contributed by atoms with E-state index in [1.807, 2.05) is 22.7 Å². The minimum absolute atomic E-state index is 1.31. The highest BCUT2D eigenvalue weighted by Gasteiger charge is 2.52. The zero-order valence-electron chi connectivity index (χ0n) is 30.5. The fourth-order valence-electron chi connectivity index (χ4n) is 9.57. The van der Waals surface area contributed by atoms with Crippen LogP contribution in [0.5, 0.6) is 0 Å². The molecule has 0 aliphatic carbocycles. The predicted molar refractivity (Wildman–Crippen MR) is 233 cm³/mol. The highest BCUT2D eigenvalue weighted by Crippen LogP contribution is 2.44. The minimum Gasteiger partial charge on any atom is -0.141 e. The van der Waals surface area contributed by atoms with Gasteiger partial charge in [0, 0.05) is 19.5 Å². The Hall–Kier alpha value is -4.59. The Morgan fingerprint density at radius 2 is 0.615 bits per heavy atom. The van der Waals surface area contributed by atoms with E-state index in [0.717, 1.165) is 0 Å². The molecule has 0 fully saturated rings. The third-order valence-electron chi connectivity index (χ3n) is 11.9. The van der Waals surface area contributed by atoms with Crippen LogP contribution in [-0.2, 0) is 0 Å². The van der Waals surface area contributed by atoms with Crippen molar-refractivity contribution in [3.63, 3.8) is 0 Å². The maximum absolute atomic E-state index is 2.74. The molecule has 4 heteroatoms. The monoisotopic (exact) mass is 736 g/mol. The van der Waals surface area contributed by atoms with E-state index in [1.165, 1.54) is 94.8 Å². The van der Waals surface area contributed by atoms with Gasteiger partial charge in [-0.25, -0.2) is 0 Å². The Morgan fingerprint density at radius 1 is 0.327 bits per heavy atom. The van der Waals surface area contributed by atoms with Gasteiger partial charge in [0.2, 0.25) is 0 Å². The van der Waals surface area contributed by atoms with Crippen molar-refractivity contribution in [1.82, 2.24) is 0 Å². The van der Waals surface area contributed by atoms with Crippen molar-refractivity contribution >= 4 is 91.1 Å². The fourth-order valence-corrected chi connectivity index (χ4v) is 23.1. The molecule has 6 aromatic carbocycles. The van der Waals surface area contributed by atoms with Crippen LogP contribution in [0.3, 0.4) is 0 Å². The molecule has 0 atom stereocenters. The molecule has 0 bridgehead atoms. The largest absolute Gasteiger partial charge is 0.181 e. The third kappa shape index (κ3) is 4.24. The molecule has 0 saturated heterocycles.